The number of hydrogen-bond acceptors (Lipinski definition) is 4. The van der Waals surface area contributed by atoms with E-state index in [4.69, 9.17) is 19.2 Å². The molecular weight excluding hydrogens is 493 g/mol. The average molecular weight is 533 g/mol. The van der Waals surface area contributed by atoms with Crippen molar-refractivity contribution in [1.29, 1.82) is 0 Å². The highest BCUT2D eigenvalue weighted by atomic mass is 127. The van der Waals surface area contributed by atoms with Crippen molar-refractivity contribution in [3.8, 4) is 5.75 Å². The van der Waals surface area contributed by atoms with Gasteiger partial charge in [-0.15, -0.1) is 24.0 Å². The lowest BCUT2D eigenvalue weighted by Gasteiger charge is -2.21. The highest BCUT2D eigenvalue weighted by Crippen LogP contribution is 2.17. The summed E-state index contributed by atoms with van der Waals surface area (Å²) in [4.78, 5) is 7.21. The molecule has 2 rings (SSSR count). The Morgan fingerprint density at radius 1 is 1.23 bits per heavy atom. The SMILES string of the molecule is CCNC(=NCCc1ccc(OCC(C)C)cc1)N1CCC(COCCOC)C1.I. The van der Waals surface area contributed by atoms with Crippen molar-refractivity contribution in [2.75, 3.05) is 59.7 Å². The van der Waals surface area contributed by atoms with Gasteiger partial charge in [-0.1, -0.05) is 26.0 Å². The van der Waals surface area contributed by atoms with Gasteiger partial charge >= 0.3 is 0 Å². The van der Waals surface area contributed by atoms with Crippen LogP contribution in [0.1, 0.15) is 32.8 Å². The van der Waals surface area contributed by atoms with E-state index in [2.05, 4.69) is 55.3 Å². The molecule has 1 fully saturated rings. The third-order valence-electron chi connectivity index (χ3n) is 4.87. The lowest BCUT2D eigenvalue weighted by molar-refractivity contribution is 0.0536. The zero-order valence-electron chi connectivity index (χ0n) is 19.1. The van der Waals surface area contributed by atoms with Crippen molar-refractivity contribution >= 4 is 29.9 Å². The predicted molar refractivity (Wildman–Crippen MR) is 134 cm³/mol. The van der Waals surface area contributed by atoms with Crippen LogP contribution >= 0.6 is 24.0 Å². The summed E-state index contributed by atoms with van der Waals surface area (Å²) < 4.78 is 16.5. The first-order valence-corrected chi connectivity index (χ1v) is 10.9. The minimum Gasteiger partial charge on any atom is -0.493 e. The number of benzene rings is 1. The maximum Gasteiger partial charge on any atom is 0.193 e. The van der Waals surface area contributed by atoms with Crippen LogP contribution in [0.3, 0.4) is 0 Å². The Bertz CT molecular complexity index is 596. The summed E-state index contributed by atoms with van der Waals surface area (Å²) in [5, 5.41) is 3.44. The van der Waals surface area contributed by atoms with E-state index in [9.17, 15) is 0 Å². The standard InChI is InChI=1S/C23H39N3O3.HI/c1-5-24-23(26-13-11-21(16-26)18-28-15-14-27-4)25-12-10-20-6-8-22(9-7-20)29-17-19(2)3;/h6-9,19,21H,5,10-18H2,1-4H3,(H,24,25);1H. The Balaban J connectivity index is 0.00000450. The van der Waals surface area contributed by atoms with Gasteiger partial charge in [0.1, 0.15) is 5.75 Å². The lowest BCUT2D eigenvalue weighted by atomic mass is 10.1. The highest BCUT2D eigenvalue weighted by Gasteiger charge is 2.24. The molecule has 172 valence electrons. The van der Waals surface area contributed by atoms with Crippen LogP contribution in [0.15, 0.2) is 29.3 Å². The fraction of sp³-hybridized carbons (Fsp3) is 0.696. The summed E-state index contributed by atoms with van der Waals surface area (Å²) in [5.41, 5.74) is 1.28. The van der Waals surface area contributed by atoms with E-state index in [1.807, 2.05) is 0 Å². The molecular formula is C23H40IN3O3. The van der Waals surface area contributed by atoms with E-state index in [1.165, 1.54) is 5.56 Å². The zero-order valence-corrected chi connectivity index (χ0v) is 21.4. The third kappa shape index (κ3) is 10.3. The van der Waals surface area contributed by atoms with Crippen LogP contribution in [-0.4, -0.2) is 70.6 Å². The van der Waals surface area contributed by atoms with Gasteiger partial charge in [-0.05, 0) is 43.4 Å². The summed E-state index contributed by atoms with van der Waals surface area (Å²) >= 11 is 0. The largest absolute Gasteiger partial charge is 0.493 e. The molecule has 7 heteroatoms. The first kappa shape index (κ1) is 27.0. The van der Waals surface area contributed by atoms with E-state index in [1.54, 1.807) is 7.11 Å². The highest BCUT2D eigenvalue weighted by molar-refractivity contribution is 14.0. The second kappa shape index (κ2) is 15.7. The normalized spacial score (nSPS) is 16.6. The van der Waals surface area contributed by atoms with Gasteiger partial charge < -0.3 is 24.4 Å². The minimum atomic E-state index is 0. The number of ether oxygens (including phenoxy) is 3. The van der Waals surface area contributed by atoms with Gasteiger partial charge in [0.2, 0.25) is 0 Å². The fourth-order valence-corrected chi connectivity index (χ4v) is 3.29. The van der Waals surface area contributed by atoms with Gasteiger partial charge in [-0.2, -0.15) is 0 Å². The first-order chi connectivity index (χ1) is 14.1. The molecule has 1 heterocycles. The minimum absolute atomic E-state index is 0. The second-order valence-corrected chi connectivity index (χ2v) is 8.00. The Labute approximate surface area is 199 Å². The molecule has 1 unspecified atom stereocenters. The van der Waals surface area contributed by atoms with Gasteiger partial charge in [0.05, 0.1) is 26.4 Å². The molecule has 0 bridgehead atoms. The van der Waals surface area contributed by atoms with Crippen LogP contribution in [0, 0.1) is 11.8 Å². The van der Waals surface area contributed by atoms with Crippen LogP contribution < -0.4 is 10.1 Å². The number of likely N-dealkylation sites (tertiary alicyclic amines) is 1. The molecule has 1 aromatic rings. The van der Waals surface area contributed by atoms with E-state index < -0.39 is 0 Å². The molecule has 0 spiro atoms. The fourth-order valence-electron chi connectivity index (χ4n) is 3.29. The van der Waals surface area contributed by atoms with Crippen LogP contribution in [0.4, 0.5) is 0 Å². The molecule has 1 saturated heterocycles. The van der Waals surface area contributed by atoms with Crippen molar-refractivity contribution < 1.29 is 14.2 Å². The lowest BCUT2D eigenvalue weighted by Crippen LogP contribution is -2.40. The number of hydrogen-bond donors (Lipinski definition) is 1. The number of aliphatic imine (C=N–C) groups is 1. The van der Waals surface area contributed by atoms with Gasteiger partial charge in [-0.3, -0.25) is 4.99 Å². The molecule has 0 aromatic heterocycles. The van der Waals surface area contributed by atoms with Crippen LogP contribution in [-0.2, 0) is 15.9 Å². The van der Waals surface area contributed by atoms with Gasteiger partial charge in [-0.25, -0.2) is 0 Å². The molecule has 1 atom stereocenters. The molecule has 0 radical (unpaired) electrons. The van der Waals surface area contributed by atoms with E-state index in [-0.39, 0.29) is 24.0 Å². The van der Waals surface area contributed by atoms with E-state index >= 15 is 0 Å². The van der Waals surface area contributed by atoms with Crippen LogP contribution in [0.5, 0.6) is 5.75 Å². The Morgan fingerprint density at radius 2 is 2.00 bits per heavy atom. The summed E-state index contributed by atoms with van der Waals surface area (Å²) in [6, 6.07) is 8.39. The third-order valence-corrected chi connectivity index (χ3v) is 4.87. The number of nitrogens with zero attached hydrogens (tertiary/aromatic N) is 2. The number of guanidine groups is 1. The summed E-state index contributed by atoms with van der Waals surface area (Å²) in [6.45, 7) is 13.0. The number of rotatable bonds is 12. The maximum atomic E-state index is 5.75. The van der Waals surface area contributed by atoms with Gasteiger partial charge in [0.25, 0.3) is 0 Å². The number of halogens is 1. The summed E-state index contributed by atoms with van der Waals surface area (Å²) in [7, 11) is 1.70. The molecule has 1 aromatic carbocycles. The second-order valence-electron chi connectivity index (χ2n) is 8.00. The Hall–Kier alpha value is -1.06. The molecule has 1 aliphatic heterocycles. The first-order valence-electron chi connectivity index (χ1n) is 10.9. The molecule has 0 amide bonds. The molecule has 1 N–H and O–H groups in total. The Morgan fingerprint density at radius 3 is 2.67 bits per heavy atom. The van der Waals surface area contributed by atoms with Crippen molar-refractivity contribution in [3.05, 3.63) is 29.8 Å². The quantitative estimate of drug-likeness (QED) is 0.192. The van der Waals surface area contributed by atoms with Crippen molar-refractivity contribution in [2.24, 2.45) is 16.8 Å². The molecule has 6 nitrogen and oxygen atoms in total. The number of nitrogens with one attached hydrogen (secondary N) is 1. The smallest absolute Gasteiger partial charge is 0.193 e. The van der Waals surface area contributed by atoms with Gasteiger partial charge in [0.15, 0.2) is 5.96 Å². The molecule has 0 saturated carbocycles. The average Bonchev–Trinajstić information content (AvgIpc) is 3.19. The molecule has 0 aliphatic carbocycles. The maximum absolute atomic E-state index is 5.75. The van der Waals surface area contributed by atoms with Crippen molar-refractivity contribution in [2.45, 2.75) is 33.6 Å². The van der Waals surface area contributed by atoms with Crippen LogP contribution in [0.25, 0.3) is 0 Å². The zero-order chi connectivity index (χ0) is 20.9. The predicted octanol–water partition coefficient (Wildman–Crippen LogP) is 3.83. The molecule has 1 aliphatic rings. The summed E-state index contributed by atoms with van der Waals surface area (Å²) in [5.74, 6) is 3.06. The van der Waals surface area contributed by atoms with E-state index in [0.717, 1.165) is 63.9 Å². The van der Waals surface area contributed by atoms with Crippen molar-refractivity contribution in [3.63, 3.8) is 0 Å². The van der Waals surface area contributed by atoms with E-state index in [0.29, 0.717) is 25.0 Å². The Kier molecular flexibility index (Phi) is 14.1. The molecule has 30 heavy (non-hydrogen) atoms. The topological polar surface area (TPSA) is 55.3 Å². The van der Waals surface area contributed by atoms with Crippen molar-refractivity contribution in [1.82, 2.24) is 10.2 Å². The van der Waals surface area contributed by atoms with Gasteiger partial charge in [0, 0.05) is 39.2 Å². The summed E-state index contributed by atoms with van der Waals surface area (Å²) in [6.07, 6.45) is 2.08. The van der Waals surface area contributed by atoms with Crippen LogP contribution in [0.2, 0.25) is 0 Å². The number of methoxy groups -OCH3 is 1. The monoisotopic (exact) mass is 533 g/mol.